The van der Waals surface area contributed by atoms with Crippen LogP contribution in [-0.2, 0) is 21.4 Å². The van der Waals surface area contributed by atoms with Gasteiger partial charge in [-0.2, -0.15) is 5.10 Å². The predicted octanol–water partition coefficient (Wildman–Crippen LogP) is 4.77. The van der Waals surface area contributed by atoms with Crippen molar-refractivity contribution in [1.29, 1.82) is 0 Å². The van der Waals surface area contributed by atoms with Gasteiger partial charge < -0.3 is 9.57 Å². The zero-order valence-electron chi connectivity index (χ0n) is 17.8. The summed E-state index contributed by atoms with van der Waals surface area (Å²) in [6.07, 6.45) is 9.53. The molecule has 1 heterocycles. The number of methoxy groups -OCH3 is 1. The first kappa shape index (κ1) is 19.8. The second kappa shape index (κ2) is 8.52. The van der Waals surface area contributed by atoms with E-state index in [0.29, 0.717) is 19.3 Å². The van der Waals surface area contributed by atoms with E-state index in [1.807, 2.05) is 0 Å². The molecule has 0 bridgehead atoms. The largest absolute Gasteiger partial charge is 0.393 e. The van der Waals surface area contributed by atoms with E-state index < -0.39 is 0 Å². The first-order valence-electron chi connectivity index (χ1n) is 10.9. The van der Waals surface area contributed by atoms with Gasteiger partial charge in [-0.1, -0.05) is 78.0 Å². The molecule has 0 N–H and O–H groups in total. The van der Waals surface area contributed by atoms with E-state index in [1.165, 1.54) is 29.7 Å². The van der Waals surface area contributed by atoms with Crippen molar-refractivity contribution in [3.63, 3.8) is 0 Å². The molecule has 158 valence electrons. The fourth-order valence-electron chi connectivity index (χ4n) is 4.42. The molecule has 5 rings (SSSR count). The van der Waals surface area contributed by atoms with Crippen molar-refractivity contribution in [3.05, 3.63) is 94.8 Å². The van der Waals surface area contributed by atoms with E-state index >= 15 is 0 Å². The van der Waals surface area contributed by atoms with Crippen molar-refractivity contribution in [2.75, 3.05) is 20.3 Å². The standard InChI is InChI=1S/C26H27N3O2/c1-30-16-17-31-27-19-24-23-14-15-26(20-8-4-2-5-9-20,21-10-6-3-7-11-21)18-25(23)29(28-24)22-12-13-22/h2-11,14-15,19,22H,12-13,16-18H2,1H3/b27-19+. The number of ether oxygens (including phenoxy) is 1. The van der Waals surface area contributed by atoms with Gasteiger partial charge in [0.25, 0.3) is 0 Å². The van der Waals surface area contributed by atoms with Crippen LogP contribution in [0.15, 0.2) is 71.9 Å². The summed E-state index contributed by atoms with van der Waals surface area (Å²) < 4.78 is 7.24. The Labute approximate surface area is 183 Å². The van der Waals surface area contributed by atoms with Crippen LogP contribution in [0.25, 0.3) is 6.08 Å². The molecule has 0 aliphatic heterocycles. The molecule has 5 heteroatoms. The molecule has 2 aliphatic carbocycles. The second-order valence-electron chi connectivity index (χ2n) is 8.20. The summed E-state index contributed by atoms with van der Waals surface area (Å²) >= 11 is 0. The van der Waals surface area contributed by atoms with Crippen molar-refractivity contribution >= 4 is 12.3 Å². The molecule has 1 saturated carbocycles. The summed E-state index contributed by atoms with van der Waals surface area (Å²) in [7, 11) is 1.65. The fourth-order valence-corrected chi connectivity index (χ4v) is 4.42. The number of allylic oxidation sites excluding steroid dienone is 1. The quantitative estimate of drug-likeness (QED) is 0.304. The summed E-state index contributed by atoms with van der Waals surface area (Å²) in [5.74, 6) is 0. The lowest BCUT2D eigenvalue weighted by Gasteiger charge is -2.35. The van der Waals surface area contributed by atoms with Crippen LogP contribution in [0.3, 0.4) is 0 Å². The Morgan fingerprint density at radius 1 is 1.03 bits per heavy atom. The molecular weight excluding hydrogens is 386 g/mol. The Balaban J connectivity index is 1.56. The summed E-state index contributed by atoms with van der Waals surface area (Å²) in [5.41, 5.74) is 5.66. The first-order valence-corrected chi connectivity index (χ1v) is 10.9. The van der Waals surface area contributed by atoms with Crippen LogP contribution >= 0.6 is 0 Å². The molecular formula is C26H27N3O2. The minimum atomic E-state index is -0.217. The van der Waals surface area contributed by atoms with E-state index in [4.69, 9.17) is 14.7 Å². The van der Waals surface area contributed by atoms with E-state index in [2.05, 4.69) is 82.7 Å². The van der Waals surface area contributed by atoms with Crippen LogP contribution in [0.4, 0.5) is 0 Å². The third-order valence-corrected chi connectivity index (χ3v) is 6.16. The summed E-state index contributed by atoms with van der Waals surface area (Å²) in [6, 6.07) is 22.0. The molecule has 1 fully saturated rings. The minimum Gasteiger partial charge on any atom is -0.393 e. The molecule has 5 nitrogen and oxygen atoms in total. The molecule has 0 unspecified atom stereocenters. The summed E-state index contributed by atoms with van der Waals surface area (Å²) in [4.78, 5) is 5.31. The SMILES string of the molecule is COCCO/N=C/c1nn(C2CC2)c2c1C=CC(c1ccccc1)(c1ccccc1)C2. The van der Waals surface area contributed by atoms with Gasteiger partial charge in [0.05, 0.1) is 18.9 Å². The Bertz CT molecular complexity index is 1040. The molecule has 0 saturated heterocycles. The lowest BCUT2D eigenvalue weighted by Crippen LogP contribution is -2.31. The number of fused-ring (bicyclic) bond motifs is 1. The number of rotatable bonds is 8. The van der Waals surface area contributed by atoms with Crippen LogP contribution in [0.5, 0.6) is 0 Å². The predicted molar refractivity (Wildman–Crippen MR) is 122 cm³/mol. The Morgan fingerprint density at radius 2 is 1.71 bits per heavy atom. The van der Waals surface area contributed by atoms with Gasteiger partial charge in [-0.3, -0.25) is 4.68 Å². The maximum absolute atomic E-state index is 5.31. The van der Waals surface area contributed by atoms with Crippen molar-refractivity contribution in [2.24, 2.45) is 5.16 Å². The molecule has 31 heavy (non-hydrogen) atoms. The van der Waals surface area contributed by atoms with Gasteiger partial charge in [-0.25, -0.2) is 0 Å². The molecule has 2 aromatic carbocycles. The third kappa shape index (κ3) is 3.81. The molecule has 0 atom stereocenters. The van der Waals surface area contributed by atoms with Gasteiger partial charge in [0.15, 0.2) is 0 Å². The highest BCUT2D eigenvalue weighted by molar-refractivity contribution is 5.84. The van der Waals surface area contributed by atoms with Gasteiger partial charge in [0.1, 0.15) is 12.3 Å². The number of aromatic nitrogens is 2. The van der Waals surface area contributed by atoms with Crippen LogP contribution in [0, 0.1) is 0 Å². The molecule has 0 amide bonds. The summed E-state index contributed by atoms with van der Waals surface area (Å²) in [5, 5.41) is 9.05. The highest BCUT2D eigenvalue weighted by Gasteiger charge is 2.39. The van der Waals surface area contributed by atoms with Gasteiger partial charge in [-0.05, 0) is 24.0 Å². The zero-order chi connectivity index (χ0) is 21.1. The van der Waals surface area contributed by atoms with Crippen molar-refractivity contribution in [1.82, 2.24) is 9.78 Å². The monoisotopic (exact) mass is 413 g/mol. The lowest BCUT2D eigenvalue weighted by molar-refractivity contribution is 0.0759. The molecule has 2 aliphatic rings. The van der Waals surface area contributed by atoms with Gasteiger partial charge in [-0.15, -0.1) is 0 Å². The third-order valence-electron chi connectivity index (χ3n) is 6.16. The topological polar surface area (TPSA) is 48.6 Å². The Kier molecular flexibility index (Phi) is 5.43. The average Bonchev–Trinajstić information content (AvgIpc) is 3.62. The molecule has 3 aromatic rings. The van der Waals surface area contributed by atoms with Crippen molar-refractivity contribution in [3.8, 4) is 0 Å². The Morgan fingerprint density at radius 3 is 2.32 bits per heavy atom. The zero-order valence-corrected chi connectivity index (χ0v) is 17.8. The minimum absolute atomic E-state index is 0.217. The normalized spacial score (nSPS) is 17.1. The van der Waals surface area contributed by atoms with Crippen LogP contribution in [0.2, 0.25) is 0 Å². The maximum Gasteiger partial charge on any atom is 0.140 e. The number of nitrogens with zero attached hydrogens (tertiary/aromatic N) is 3. The number of hydrogen-bond acceptors (Lipinski definition) is 4. The number of benzene rings is 2. The first-order chi connectivity index (χ1) is 15.3. The molecule has 0 radical (unpaired) electrons. The molecule has 0 spiro atoms. The second-order valence-corrected chi connectivity index (χ2v) is 8.20. The maximum atomic E-state index is 5.31. The molecule has 1 aromatic heterocycles. The number of oxime groups is 1. The van der Waals surface area contributed by atoms with Crippen molar-refractivity contribution in [2.45, 2.75) is 30.7 Å². The van der Waals surface area contributed by atoms with E-state index in [1.54, 1.807) is 13.3 Å². The lowest BCUT2D eigenvalue weighted by atomic mass is 9.68. The highest BCUT2D eigenvalue weighted by atomic mass is 16.6. The van der Waals surface area contributed by atoms with E-state index in [9.17, 15) is 0 Å². The highest BCUT2D eigenvalue weighted by Crippen LogP contribution is 2.45. The number of hydrogen-bond donors (Lipinski definition) is 0. The van der Waals surface area contributed by atoms with Crippen molar-refractivity contribution < 1.29 is 9.57 Å². The van der Waals surface area contributed by atoms with Crippen LogP contribution in [0.1, 0.15) is 47.0 Å². The van der Waals surface area contributed by atoms with E-state index in [0.717, 1.165) is 17.7 Å². The van der Waals surface area contributed by atoms with Crippen LogP contribution in [-0.4, -0.2) is 36.3 Å². The van der Waals surface area contributed by atoms with Gasteiger partial charge in [0.2, 0.25) is 0 Å². The van der Waals surface area contributed by atoms with Gasteiger partial charge in [0, 0.05) is 30.2 Å². The van der Waals surface area contributed by atoms with Gasteiger partial charge >= 0.3 is 0 Å². The van der Waals surface area contributed by atoms with E-state index in [-0.39, 0.29) is 5.41 Å². The smallest absolute Gasteiger partial charge is 0.140 e. The average molecular weight is 414 g/mol. The van der Waals surface area contributed by atoms with Crippen LogP contribution < -0.4 is 0 Å². The fraction of sp³-hybridized carbons (Fsp3) is 0.308. The Hall–Kier alpha value is -3.18. The summed E-state index contributed by atoms with van der Waals surface area (Å²) in [6.45, 7) is 0.946.